The van der Waals surface area contributed by atoms with Crippen LogP contribution < -0.4 is 18.9 Å². The number of benzene rings is 1. The molecule has 0 amide bonds. The van der Waals surface area contributed by atoms with E-state index in [1.807, 2.05) is 18.2 Å². The Morgan fingerprint density at radius 1 is 1.40 bits per heavy atom. The Labute approximate surface area is 82.3 Å². The Morgan fingerprint density at radius 2 is 2.20 bits per heavy atom. The summed E-state index contributed by atoms with van der Waals surface area (Å²) in [6.45, 7) is 0. The van der Waals surface area contributed by atoms with E-state index in [2.05, 4.69) is 28.1 Å². The average Bonchev–Trinajstić information content (AvgIpc) is 1.91. The fourth-order valence-corrected chi connectivity index (χ4v) is 1.11. The zero-order chi connectivity index (χ0) is 6.53. The molecule has 0 nitrogen and oxygen atoms in total. The SMILES string of the molecule is BrCCc1[c-]cccc1.[Li+]. The molecule has 1 rings (SSSR count). The molecule has 0 N–H and O–H groups in total. The van der Waals surface area contributed by atoms with Gasteiger partial charge < -0.3 is 0 Å². The molecule has 0 aliphatic carbocycles. The summed E-state index contributed by atoms with van der Waals surface area (Å²) >= 11 is 3.37. The van der Waals surface area contributed by atoms with E-state index in [0.29, 0.717) is 0 Å². The fourth-order valence-electron chi connectivity index (χ4n) is 0.688. The van der Waals surface area contributed by atoms with E-state index in [1.54, 1.807) is 0 Å². The van der Waals surface area contributed by atoms with Gasteiger partial charge in [0, 0.05) is 5.33 Å². The number of halogens is 1. The van der Waals surface area contributed by atoms with Crippen molar-refractivity contribution in [3.05, 3.63) is 35.9 Å². The molecule has 1 aromatic carbocycles. The fraction of sp³-hybridized carbons (Fsp3) is 0.250. The molecule has 0 aliphatic rings. The predicted molar refractivity (Wildman–Crippen MR) is 42.8 cm³/mol. The van der Waals surface area contributed by atoms with Crippen LogP contribution in [-0.4, -0.2) is 5.33 Å². The first-order valence-electron chi connectivity index (χ1n) is 2.95. The van der Waals surface area contributed by atoms with Crippen molar-refractivity contribution in [3.8, 4) is 0 Å². The largest absolute Gasteiger partial charge is 1.00 e. The number of hydrogen-bond donors (Lipinski definition) is 0. The van der Waals surface area contributed by atoms with E-state index in [-0.39, 0.29) is 18.9 Å². The van der Waals surface area contributed by atoms with Gasteiger partial charge in [-0.2, -0.15) is 35.9 Å². The first-order valence-corrected chi connectivity index (χ1v) is 4.07. The molecule has 0 heterocycles. The van der Waals surface area contributed by atoms with Crippen LogP contribution in [0.5, 0.6) is 0 Å². The van der Waals surface area contributed by atoms with Crippen molar-refractivity contribution in [3.63, 3.8) is 0 Å². The first-order chi connectivity index (χ1) is 4.43. The monoisotopic (exact) mass is 190 g/mol. The number of alkyl halides is 1. The van der Waals surface area contributed by atoms with Gasteiger partial charge in [-0.15, -0.1) is 0 Å². The van der Waals surface area contributed by atoms with Crippen LogP contribution in [0.25, 0.3) is 0 Å². The van der Waals surface area contributed by atoms with Crippen LogP contribution in [0, 0.1) is 6.07 Å². The molecule has 10 heavy (non-hydrogen) atoms. The summed E-state index contributed by atoms with van der Waals surface area (Å²) in [7, 11) is 0. The number of hydrogen-bond acceptors (Lipinski definition) is 0. The third-order valence-electron chi connectivity index (χ3n) is 1.14. The van der Waals surface area contributed by atoms with E-state index in [9.17, 15) is 0 Å². The number of aryl methyl sites for hydroxylation is 1. The normalized spacial score (nSPS) is 8.50. The van der Waals surface area contributed by atoms with Crippen LogP contribution in [0.1, 0.15) is 5.56 Å². The minimum atomic E-state index is 0. The molecule has 0 fully saturated rings. The molecule has 0 aromatic heterocycles. The van der Waals surface area contributed by atoms with Crippen molar-refractivity contribution in [2.75, 3.05) is 5.33 Å². The van der Waals surface area contributed by atoms with Gasteiger partial charge in [0.15, 0.2) is 0 Å². The second-order valence-electron chi connectivity index (χ2n) is 1.83. The van der Waals surface area contributed by atoms with Gasteiger partial charge >= 0.3 is 18.9 Å². The van der Waals surface area contributed by atoms with Crippen molar-refractivity contribution in [2.24, 2.45) is 0 Å². The molecule has 48 valence electrons. The Morgan fingerprint density at radius 3 is 2.70 bits per heavy atom. The van der Waals surface area contributed by atoms with Gasteiger partial charge in [0.2, 0.25) is 0 Å². The van der Waals surface area contributed by atoms with E-state index < -0.39 is 0 Å². The minimum Gasteiger partial charge on any atom is -0.180 e. The van der Waals surface area contributed by atoms with Crippen molar-refractivity contribution in [2.45, 2.75) is 6.42 Å². The second-order valence-corrected chi connectivity index (χ2v) is 2.62. The molecule has 0 saturated heterocycles. The van der Waals surface area contributed by atoms with Gasteiger partial charge in [-0.3, -0.25) is 0 Å². The smallest absolute Gasteiger partial charge is 0.180 e. The second kappa shape index (κ2) is 6.04. The molecular weight excluding hydrogens is 183 g/mol. The predicted octanol–water partition coefficient (Wildman–Crippen LogP) is -0.572. The van der Waals surface area contributed by atoms with E-state index in [1.165, 1.54) is 5.56 Å². The quantitative estimate of drug-likeness (QED) is 0.333. The molecule has 0 spiro atoms. The summed E-state index contributed by atoms with van der Waals surface area (Å²) in [6.07, 6.45) is 1.07. The topological polar surface area (TPSA) is 0 Å². The van der Waals surface area contributed by atoms with E-state index in [0.717, 1.165) is 11.8 Å². The van der Waals surface area contributed by atoms with Gasteiger partial charge in [-0.05, 0) is 6.42 Å². The van der Waals surface area contributed by atoms with Gasteiger partial charge in [-0.1, -0.05) is 15.9 Å². The van der Waals surface area contributed by atoms with E-state index in [4.69, 9.17) is 0 Å². The van der Waals surface area contributed by atoms with E-state index >= 15 is 0 Å². The molecule has 2 heteroatoms. The molecule has 0 saturated carbocycles. The Balaban J connectivity index is 0.000000810. The van der Waals surface area contributed by atoms with Crippen LogP contribution in [-0.2, 0) is 6.42 Å². The average molecular weight is 191 g/mol. The zero-order valence-corrected chi connectivity index (χ0v) is 7.69. The molecular formula is C8H8BrLi. The van der Waals surface area contributed by atoms with Crippen LogP contribution in [0.3, 0.4) is 0 Å². The maximum atomic E-state index is 3.37. The van der Waals surface area contributed by atoms with Gasteiger partial charge in [-0.25, -0.2) is 0 Å². The van der Waals surface area contributed by atoms with Gasteiger partial charge in [0.05, 0.1) is 0 Å². The molecule has 1 aromatic rings. The maximum Gasteiger partial charge on any atom is 1.00 e. The third kappa shape index (κ3) is 3.46. The molecule has 0 aliphatic heterocycles. The summed E-state index contributed by atoms with van der Waals surface area (Å²) < 4.78 is 0. The Bertz CT molecular complexity index is 162. The molecule has 0 radical (unpaired) electrons. The summed E-state index contributed by atoms with van der Waals surface area (Å²) in [5, 5.41) is 1.02. The zero-order valence-electron chi connectivity index (χ0n) is 6.10. The Hall–Kier alpha value is 0.297. The van der Waals surface area contributed by atoms with Crippen LogP contribution >= 0.6 is 15.9 Å². The van der Waals surface area contributed by atoms with Gasteiger partial charge in [0.1, 0.15) is 0 Å². The standard InChI is InChI=1S/C8H8Br.Li/c9-7-6-8-4-2-1-3-5-8;/h1-4H,6-7H2;/q-1;+1. The number of rotatable bonds is 2. The van der Waals surface area contributed by atoms with Crippen molar-refractivity contribution >= 4 is 15.9 Å². The summed E-state index contributed by atoms with van der Waals surface area (Å²) in [5.74, 6) is 0. The first kappa shape index (κ1) is 10.3. The summed E-state index contributed by atoms with van der Waals surface area (Å²) in [6, 6.07) is 11.2. The summed E-state index contributed by atoms with van der Waals surface area (Å²) in [5.41, 5.74) is 1.27. The summed E-state index contributed by atoms with van der Waals surface area (Å²) in [4.78, 5) is 0. The molecule has 0 atom stereocenters. The van der Waals surface area contributed by atoms with Crippen molar-refractivity contribution in [1.29, 1.82) is 0 Å². The third-order valence-corrected chi connectivity index (χ3v) is 1.53. The van der Waals surface area contributed by atoms with Crippen molar-refractivity contribution < 1.29 is 18.9 Å². The minimum absolute atomic E-state index is 0. The van der Waals surface area contributed by atoms with Crippen LogP contribution in [0.15, 0.2) is 24.3 Å². The maximum absolute atomic E-state index is 3.37. The van der Waals surface area contributed by atoms with Crippen molar-refractivity contribution in [1.82, 2.24) is 0 Å². The molecule has 0 unspecified atom stereocenters. The Kier molecular flexibility index (Phi) is 6.22. The van der Waals surface area contributed by atoms with Gasteiger partial charge in [0.25, 0.3) is 0 Å². The molecule has 0 bridgehead atoms. The van der Waals surface area contributed by atoms with Crippen LogP contribution in [0.4, 0.5) is 0 Å². The van der Waals surface area contributed by atoms with Crippen LogP contribution in [0.2, 0.25) is 0 Å².